The van der Waals surface area contributed by atoms with Crippen LogP contribution < -0.4 is 10.1 Å². The molecule has 0 aliphatic heterocycles. The molecule has 0 saturated heterocycles. The molecule has 112 valence electrons. The summed E-state index contributed by atoms with van der Waals surface area (Å²) in [5, 5.41) is 3.31. The number of para-hydroxylation sites is 1. The van der Waals surface area contributed by atoms with Gasteiger partial charge in [-0.05, 0) is 39.3 Å². The molecule has 1 N–H and O–H groups in total. The maximum absolute atomic E-state index is 11.8. The molecular formula is C15H22ClNO3. The molecule has 1 aromatic rings. The van der Waals surface area contributed by atoms with Gasteiger partial charge in [-0.2, -0.15) is 0 Å². The van der Waals surface area contributed by atoms with Crippen molar-refractivity contribution in [3.63, 3.8) is 0 Å². The highest BCUT2D eigenvalue weighted by Gasteiger charge is 2.15. The highest BCUT2D eigenvalue weighted by Crippen LogP contribution is 2.24. The predicted octanol–water partition coefficient (Wildman–Crippen LogP) is 3.04. The van der Waals surface area contributed by atoms with E-state index in [1.165, 1.54) is 0 Å². The molecule has 1 rings (SSSR count). The fourth-order valence-corrected chi connectivity index (χ4v) is 1.71. The summed E-state index contributed by atoms with van der Waals surface area (Å²) in [5.74, 6) is 0.356. The van der Waals surface area contributed by atoms with Crippen molar-refractivity contribution in [3.8, 4) is 5.75 Å². The number of halogens is 1. The predicted molar refractivity (Wildman–Crippen MR) is 80.3 cm³/mol. The fraction of sp³-hybridized carbons (Fsp3) is 0.533. The summed E-state index contributed by atoms with van der Waals surface area (Å²) >= 11 is 5.97. The Morgan fingerprint density at radius 3 is 2.65 bits per heavy atom. The van der Waals surface area contributed by atoms with Crippen LogP contribution in [0.15, 0.2) is 24.3 Å². The van der Waals surface area contributed by atoms with Gasteiger partial charge in [-0.25, -0.2) is 0 Å². The summed E-state index contributed by atoms with van der Waals surface area (Å²) in [4.78, 5) is 11.8. The molecule has 0 spiro atoms. The molecule has 5 heteroatoms. The summed E-state index contributed by atoms with van der Waals surface area (Å²) in [6.07, 6.45) is 0.414. The molecule has 0 heterocycles. The van der Waals surface area contributed by atoms with E-state index in [2.05, 4.69) is 5.32 Å². The van der Waals surface area contributed by atoms with Crippen LogP contribution in [-0.4, -0.2) is 31.3 Å². The number of ether oxygens (including phenoxy) is 2. The quantitative estimate of drug-likeness (QED) is 0.751. The van der Waals surface area contributed by atoms with Crippen LogP contribution in [0.2, 0.25) is 5.02 Å². The minimum atomic E-state index is -0.582. The SMILES string of the molecule is CC(C)OCCCNC(=O)[C@H](C)Oc1ccccc1Cl. The van der Waals surface area contributed by atoms with Crippen LogP contribution in [0.5, 0.6) is 5.75 Å². The number of rotatable bonds is 8. The Labute approximate surface area is 125 Å². The summed E-state index contributed by atoms with van der Waals surface area (Å²) in [7, 11) is 0. The first-order chi connectivity index (χ1) is 9.50. The monoisotopic (exact) mass is 299 g/mol. The molecule has 1 amide bonds. The van der Waals surface area contributed by atoms with Crippen LogP contribution in [0.4, 0.5) is 0 Å². The maximum Gasteiger partial charge on any atom is 0.260 e. The van der Waals surface area contributed by atoms with Gasteiger partial charge in [-0.3, -0.25) is 4.79 Å². The first-order valence-corrected chi connectivity index (χ1v) is 7.19. The van der Waals surface area contributed by atoms with E-state index in [0.29, 0.717) is 23.9 Å². The van der Waals surface area contributed by atoms with E-state index in [1.54, 1.807) is 19.1 Å². The van der Waals surface area contributed by atoms with Crippen LogP contribution >= 0.6 is 11.6 Å². The van der Waals surface area contributed by atoms with Gasteiger partial charge >= 0.3 is 0 Å². The highest BCUT2D eigenvalue weighted by atomic mass is 35.5. The standard InChI is InChI=1S/C15H22ClNO3/c1-11(2)19-10-6-9-17-15(18)12(3)20-14-8-5-4-7-13(14)16/h4-5,7-8,11-12H,6,9-10H2,1-3H3,(H,17,18)/t12-/m0/s1. The third-order valence-electron chi connectivity index (χ3n) is 2.58. The third kappa shape index (κ3) is 6.26. The number of hydrogen-bond acceptors (Lipinski definition) is 3. The van der Waals surface area contributed by atoms with Gasteiger partial charge in [0.25, 0.3) is 5.91 Å². The molecule has 0 unspecified atom stereocenters. The maximum atomic E-state index is 11.8. The summed E-state index contributed by atoms with van der Waals surface area (Å²) in [6, 6.07) is 7.09. The van der Waals surface area contributed by atoms with E-state index in [0.717, 1.165) is 6.42 Å². The molecule has 0 bridgehead atoms. The summed E-state index contributed by atoms with van der Waals surface area (Å²) in [6.45, 7) is 6.87. The Bertz CT molecular complexity index is 423. The van der Waals surface area contributed by atoms with Crippen molar-refractivity contribution < 1.29 is 14.3 Å². The Morgan fingerprint density at radius 2 is 2.00 bits per heavy atom. The normalized spacial score (nSPS) is 12.2. The summed E-state index contributed by atoms with van der Waals surface area (Å²) in [5.41, 5.74) is 0. The molecule has 0 radical (unpaired) electrons. The largest absolute Gasteiger partial charge is 0.479 e. The van der Waals surface area contributed by atoms with Crippen molar-refractivity contribution in [1.82, 2.24) is 5.32 Å². The molecule has 0 fully saturated rings. The lowest BCUT2D eigenvalue weighted by atomic mass is 10.3. The molecule has 20 heavy (non-hydrogen) atoms. The molecular weight excluding hydrogens is 278 g/mol. The van der Waals surface area contributed by atoms with Crippen molar-refractivity contribution in [2.24, 2.45) is 0 Å². The molecule has 0 saturated carbocycles. The van der Waals surface area contributed by atoms with Gasteiger partial charge in [-0.15, -0.1) is 0 Å². The average Bonchev–Trinajstić information content (AvgIpc) is 2.40. The third-order valence-corrected chi connectivity index (χ3v) is 2.89. The molecule has 0 aliphatic carbocycles. The minimum absolute atomic E-state index is 0.158. The minimum Gasteiger partial charge on any atom is -0.479 e. The topological polar surface area (TPSA) is 47.6 Å². The zero-order valence-corrected chi connectivity index (χ0v) is 12.9. The lowest BCUT2D eigenvalue weighted by Gasteiger charge is -2.15. The smallest absolute Gasteiger partial charge is 0.260 e. The molecule has 0 aliphatic rings. The van der Waals surface area contributed by atoms with Crippen molar-refractivity contribution in [2.75, 3.05) is 13.2 Å². The van der Waals surface area contributed by atoms with Crippen molar-refractivity contribution in [3.05, 3.63) is 29.3 Å². The van der Waals surface area contributed by atoms with Crippen LogP contribution in [0, 0.1) is 0 Å². The average molecular weight is 300 g/mol. The van der Waals surface area contributed by atoms with Gasteiger partial charge in [0.2, 0.25) is 0 Å². The molecule has 0 aromatic heterocycles. The van der Waals surface area contributed by atoms with E-state index >= 15 is 0 Å². The Hall–Kier alpha value is -1.26. The van der Waals surface area contributed by atoms with Crippen LogP contribution in [0.25, 0.3) is 0 Å². The van der Waals surface area contributed by atoms with Gasteiger partial charge in [0.1, 0.15) is 5.75 Å². The van der Waals surface area contributed by atoms with Crippen molar-refractivity contribution in [2.45, 2.75) is 39.4 Å². The van der Waals surface area contributed by atoms with E-state index in [9.17, 15) is 4.79 Å². The van der Waals surface area contributed by atoms with E-state index < -0.39 is 6.10 Å². The van der Waals surface area contributed by atoms with Crippen LogP contribution in [-0.2, 0) is 9.53 Å². The van der Waals surface area contributed by atoms with Gasteiger partial charge < -0.3 is 14.8 Å². The van der Waals surface area contributed by atoms with Gasteiger partial charge in [0, 0.05) is 13.2 Å². The van der Waals surface area contributed by atoms with E-state index in [4.69, 9.17) is 21.1 Å². The number of nitrogens with one attached hydrogen (secondary N) is 1. The first-order valence-electron chi connectivity index (χ1n) is 6.81. The second-order valence-electron chi connectivity index (χ2n) is 4.75. The van der Waals surface area contributed by atoms with Crippen LogP contribution in [0.3, 0.4) is 0 Å². The Balaban J connectivity index is 2.28. The van der Waals surface area contributed by atoms with Crippen LogP contribution in [0.1, 0.15) is 27.2 Å². The molecule has 4 nitrogen and oxygen atoms in total. The van der Waals surface area contributed by atoms with Crippen molar-refractivity contribution >= 4 is 17.5 Å². The number of hydrogen-bond donors (Lipinski definition) is 1. The Morgan fingerprint density at radius 1 is 1.30 bits per heavy atom. The Kier molecular flexibility index (Phi) is 7.41. The zero-order valence-electron chi connectivity index (χ0n) is 12.2. The number of amides is 1. The second kappa shape index (κ2) is 8.82. The fourth-order valence-electron chi connectivity index (χ4n) is 1.53. The highest BCUT2D eigenvalue weighted by molar-refractivity contribution is 6.32. The zero-order chi connectivity index (χ0) is 15.0. The summed E-state index contributed by atoms with van der Waals surface area (Å²) < 4.78 is 10.9. The lowest BCUT2D eigenvalue weighted by molar-refractivity contribution is -0.127. The lowest BCUT2D eigenvalue weighted by Crippen LogP contribution is -2.37. The van der Waals surface area contributed by atoms with E-state index in [1.807, 2.05) is 26.0 Å². The molecule has 1 atom stereocenters. The van der Waals surface area contributed by atoms with Gasteiger partial charge in [0.05, 0.1) is 11.1 Å². The second-order valence-corrected chi connectivity index (χ2v) is 5.16. The number of carbonyl (C=O) groups excluding carboxylic acids is 1. The first kappa shape index (κ1) is 16.8. The number of benzene rings is 1. The number of carbonyl (C=O) groups is 1. The van der Waals surface area contributed by atoms with Crippen molar-refractivity contribution in [1.29, 1.82) is 0 Å². The molecule has 1 aromatic carbocycles. The van der Waals surface area contributed by atoms with E-state index in [-0.39, 0.29) is 12.0 Å². The van der Waals surface area contributed by atoms with Gasteiger partial charge in [0.15, 0.2) is 6.10 Å². The van der Waals surface area contributed by atoms with Gasteiger partial charge in [-0.1, -0.05) is 23.7 Å².